The van der Waals surface area contributed by atoms with Crippen LogP contribution in [0.15, 0.2) is 0 Å². The standard InChI is InChI=1S/C7H14N2O3/c1-3-9(4-6(8)10)5(2)7(11)12/h5H,3-4H2,1-2H3,(H2,8,10)(H,11,12). The number of hydrogen-bond acceptors (Lipinski definition) is 3. The van der Waals surface area contributed by atoms with Gasteiger partial charge in [-0.25, -0.2) is 0 Å². The summed E-state index contributed by atoms with van der Waals surface area (Å²) < 4.78 is 0. The highest BCUT2D eigenvalue weighted by atomic mass is 16.4. The number of nitrogens with two attached hydrogens (primary N) is 1. The number of amides is 1. The minimum atomic E-state index is -0.946. The molecule has 0 aromatic heterocycles. The van der Waals surface area contributed by atoms with Gasteiger partial charge in [-0.3, -0.25) is 14.5 Å². The number of rotatable bonds is 5. The van der Waals surface area contributed by atoms with Gasteiger partial charge >= 0.3 is 5.97 Å². The van der Waals surface area contributed by atoms with Crippen molar-refractivity contribution in [1.82, 2.24) is 4.90 Å². The summed E-state index contributed by atoms with van der Waals surface area (Å²) in [4.78, 5) is 22.5. The number of carbonyl (C=O) groups excluding carboxylic acids is 1. The number of carboxylic acids is 1. The van der Waals surface area contributed by atoms with E-state index in [1.165, 1.54) is 11.8 Å². The van der Waals surface area contributed by atoms with E-state index in [2.05, 4.69) is 0 Å². The second-order valence-corrected chi connectivity index (χ2v) is 2.54. The van der Waals surface area contributed by atoms with Crippen LogP contribution in [0.5, 0.6) is 0 Å². The van der Waals surface area contributed by atoms with Crippen molar-refractivity contribution in [2.24, 2.45) is 5.73 Å². The molecule has 1 amide bonds. The van der Waals surface area contributed by atoms with Crippen LogP contribution in [0.3, 0.4) is 0 Å². The molecular formula is C7H14N2O3. The van der Waals surface area contributed by atoms with Gasteiger partial charge in [0.05, 0.1) is 6.54 Å². The Balaban J connectivity index is 4.14. The Bertz CT molecular complexity index is 181. The van der Waals surface area contributed by atoms with Crippen LogP contribution in [-0.2, 0) is 9.59 Å². The summed E-state index contributed by atoms with van der Waals surface area (Å²) in [6.07, 6.45) is 0. The molecule has 0 aromatic carbocycles. The molecule has 0 radical (unpaired) electrons. The first-order chi connectivity index (χ1) is 5.49. The van der Waals surface area contributed by atoms with Crippen molar-refractivity contribution in [1.29, 1.82) is 0 Å². The summed E-state index contributed by atoms with van der Waals surface area (Å²) in [6, 6.07) is -0.664. The Kier molecular flexibility index (Phi) is 4.28. The van der Waals surface area contributed by atoms with Crippen LogP contribution in [0.25, 0.3) is 0 Å². The van der Waals surface area contributed by atoms with Gasteiger partial charge in [-0.2, -0.15) is 0 Å². The predicted molar refractivity (Wildman–Crippen MR) is 43.5 cm³/mol. The van der Waals surface area contributed by atoms with Gasteiger partial charge in [0.15, 0.2) is 0 Å². The molecule has 0 aromatic rings. The quantitative estimate of drug-likeness (QED) is 0.575. The summed E-state index contributed by atoms with van der Waals surface area (Å²) in [7, 11) is 0. The molecule has 0 rings (SSSR count). The molecule has 1 unspecified atom stereocenters. The number of hydrogen-bond donors (Lipinski definition) is 2. The largest absolute Gasteiger partial charge is 0.480 e. The zero-order valence-electron chi connectivity index (χ0n) is 7.28. The predicted octanol–water partition coefficient (Wildman–Crippen LogP) is -0.733. The highest BCUT2D eigenvalue weighted by Gasteiger charge is 2.19. The average Bonchev–Trinajstić information content (AvgIpc) is 1.98. The second-order valence-electron chi connectivity index (χ2n) is 2.54. The van der Waals surface area contributed by atoms with Gasteiger partial charge < -0.3 is 10.8 Å². The molecule has 5 nitrogen and oxygen atoms in total. The number of nitrogens with zero attached hydrogens (tertiary/aromatic N) is 1. The zero-order valence-corrected chi connectivity index (χ0v) is 7.28. The van der Waals surface area contributed by atoms with Gasteiger partial charge in [0.25, 0.3) is 0 Å². The first-order valence-corrected chi connectivity index (χ1v) is 3.74. The molecule has 0 saturated heterocycles. The molecule has 12 heavy (non-hydrogen) atoms. The molecule has 0 aliphatic carbocycles. The second kappa shape index (κ2) is 4.71. The van der Waals surface area contributed by atoms with Crippen molar-refractivity contribution < 1.29 is 14.7 Å². The molecule has 0 aliphatic rings. The number of carbonyl (C=O) groups is 2. The van der Waals surface area contributed by atoms with Gasteiger partial charge in [0, 0.05) is 0 Å². The van der Waals surface area contributed by atoms with Gasteiger partial charge in [-0.1, -0.05) is 6.92 Å². The SMILES string of the molecule is CCN(CC(N)=O)C(C)C(=O)O. The maximum Gasteiger partial charge on any atom is 0.320 e. The molecule has 0 aliphatic heterocycles. The highest BCUT2D eigenvalue weighted by molar-refractivity contribution is 5.78. The third kappa shape index (κ3) is 3.34. The smallest absolute Gasteiger partial charge is 0.320 e. The zero-order chi connectivity index (χ0) is 9.72. The Morgan fingerprint density at radius 3 is 2.33 bits per heavy atom. The number of aliphatic carboxylic acids is 1. The Morgan fingerprint density at radius 2 is 2.08 bits per heavy atom. The lowest BCUT2D eigenvalue weighted by Crippen LogP contribution is -2.43. The first-order valence-electron chi connectivity index (χ1n) is 3.74. The van der Waals surface area contributed by atoms with Crippen LogP contribution in [0, 0.1) is 0 Å². The van der Waals surface area contributed by atoms with Crippen LogP contribution in [0.1, 0.15) is 13.8 Å². The fourth-order valence-electron chi connectivity index (χ4n) is 0.879. The summed E-state index contributed by atoms with van der Waals surface area (Å²) in [5, 5.41) is 8.60. The van der Waals surface area contributed by atoms with Crippen molar-refractivity contribution in [3.63, 3.8) is 0 Å². The van der Waals surface area contributed by atoms with E-state index in [0.717, 1.165) is 0 Å². The lowest BCUT2D eigenvalue weighted by Gasteiger charge is -2.22. The van der Waals surface area contributed by atoms with Crippen LogP contribution in [0.2, 0.25) is 0 Å². The average molecular weight is 174 g/mol. The van der Waals surface area contributed by atoms with Crippen molar-refractivity contribution in [3.8, 4) is 0 Å². The van der Waals surface area contributed by atoms with Crippen molar-refractivity contribution in [2.75, 3.05) is 13.1 Å². The van der Waals surface area contributed by atoms with E-state index < -0.39 is 17.9 Å². The third-order valence-electron chi connectivity index (χ3n) is 1.67. The van der Waals surface area contributed by atoms with Crippen LogP contribution in [-0.4, -0.2) is 41.0 Å². The third-order valence-corrected chi connectivity index (χ3v) is 1.67. The molecule has 0 heterocycles. The first kappa shape index (κ1) is 10.9. The normalized spacial score (nSPS) is 12.9. The molecular weight excluding hydrogens is 160 g/mol. The van der Waals surface area contributed by atoms with E-state index >= 15 is 0 Å². The van der Waals surface area contributed by atoms with Crippen molar-refractivity contribution in [3.05, 3.63) is 0 Å². The number of primary amides is 1. The van der Waals surface area contributed by atoms with Crippen molar-refractivity contribution >= 4 is 11.9 Å². The Hall–Kier alpha value is -1.10. The minimum absolute atomic E-state index is 0.00995. The summed E-state index contributed by atoms with van der Waals surface area (Å²) in [5.41, 5.74) is 4.93. The highest BCUT2D eigenvalue weighted by Crippen LogP contribution is 1.97. The molecule has 0 fully saturated rings. The van der Waals surface area contributed by atoms with E-state index in [9.17, 15) is 9.59 Å². The van der Waals surface area contributed by atoms with Gasteiger partial charge in [-0.05, 0) is 13.5 Å². The lowest BCUT2D eigenvalue weighted by atomic mass is 10.3. The fourth-order valence-corrected chi connectivity index (χ4v) is 0.879. The molecule has 0 saturated carbocycles. The van der Waals surface area contributed by atoms with Gasteiger partial charge in [-0.15, -0.1) is 0 Å². The summed E-state index contributed by atoms with van der Waals surface area (Å²) in [5.74, 6) is -1.46. The van der Waals surface area contributed by atoms with Crippen LogP contribution >= 0.6 is 0 Å². The van der Waals surface area contributed by atoms with E-state index in [4.69, 9.17) is 10.8 Å². The summed E-state index contributed by atoms with van der Waals surface area (Å²) >= 11 is 0. The Labute approximate surface area is 71.1 Å². The molecule has 0 spiro atoms. The lowest BCUT2D eigenvalue weighted by molar-refractivity contribution is -0.142. The van der Waals surface area contributed by atoms with Gasteiger partial charge in [0.1, 0.15) is 6.04 Å². The van der Waals surface area contributed by atoms with Crippen LogP contribution in [0.4, 0.5) is 0 Å². The number of carboxylic acid groups (broad SMARTS) is 1. The van der Waals surface area contributed by atoms with E-state index in [-0.39, 0.29) is 6.54 Å². The van der Waals surface area contributed by atoms with E-state index in [0.29, 0.717) is 6.54 Å². The van der Waals surface area contributed by atoms with E-state index in [1.807, 2.05) is 0 Å². The number of likely N-dealkylation sites (N-methyl/N-ethyl adjacent to an activating group) is 1. The topological polar surface area (TPSA) is 83.6 Å². The molecule has 70 valence electrons. The fraction of sp³-hybridized carbons (Fsp3) is 0.714. The maximum absolute atomic E-state index is 10.5. The monoisotopic (exact) mass is 174 g/mol. The minimum Gasteiger partial charge on any atom is -0.480 e. The Morgan fingerprint density at radius 1 is 1.58 bits per heavy atom. The van der Waals surface area contributed by atoms with Crippen molar-refractivity contribution in [2.45, 2.75) is 19.9 Å². The maximum atomic E-state index is 10.5. The molecule has 1 atom stereocenters. The van der Waals surface area contributed by atoms with Gasteiger partial charge in [0.2, 0.25) is 5.91 Å². The summed E-state index contributed by atoms with van der Waals surface area (Å²) in [6.45, 7) is 3.79. The molecule has 3 N–H and O–H groups in total. The molecule has 0 bridgehead atoms. The molecule has 5 heteroatoms. The van der Waals surface area contributed by atoms with E-state index in [1.54, 1.807) is 6.92 Å². The van der Waals surface area contributed by atoms with Crippen LogP contribution < -0.4 is 5.73 Å².